The molecular weight excluding hydrogens is 1190 g/mol. The highest BCUT2D eigenvalue weighted by molar-refractivity contribution is 7.26. The summed E-state index contributed by atoms with van der Waals surface area (Å²) in [6, 6.07) is 131. The molecule has 2 nitrogen and oxygen atoms in total. The molecule has 2 aliphatic rings. The fraction of sp³-hybridized carbons (Fsp3) is 0.0110. The lowest BCUT2D eigenvalue weighted by Gasteiger charge is -2.31. The highest BCUT2D eigenvalue weighted by Gasteiger charge is 2.51. The van der Waals surface area contributed by atoms with Crippen molar-refractivity contribution in [3.63, 3.8) is 0 Å². The number of rotatable bonds is 11. The third kappa shape index (κ3) is 8.90. The second-order valence-electron chi connectivity index (χ2n) is 25.0. The van der Waals surface area contributed by atoms with Gasteiger partial charge in [0.15, 0.2) is 0 Å². The average molecular weight is 1240 g/mol. The Morgan fingerprint density at radius 1 is 0.189 bits per heavy atom. The van der Waals surface area contributed by atoms with Gasteiger partial charge in [0.25, 0.3) is 0 Å². The van der Waals surface area contributed by atoms with Gasteiger partial charge in [-0.3, -0.25) is 0 Å². The van der Waals surface area contributed by atoms with Crippen molar-refractivity contribution in [2.75, 3.05) is 9.80 Å². The number of hydrogen-bond acceptors (Lipinski definition) is 4. The van der Waals surface area contributed by atoms with Gasteiger partial charge in [0.05, 0.1) is 5.41 Å². The molecule has 19 rings (SSSR count). The summed E-state index contributed by atoms with van der Waals surface area (Å²) in [6.07, 6.45) is 0. The third-order valence-electron chi connectivity index (χ3n) is 19.9. The van der Waals surface area contributed by atoms with E-state index in [1.54, 1.807) is 0 Å². The summed E-state index contributed by atoms with van der Waals surface area (Å²) in [4.78, 5) is 4.93. The van der Waals surface area contributed by atoms with Gasteiger partial charge in [0.1, 0.15) is 0 Å². The van der Waals surface area contributed by atoms with Gasteiger partial charge in [-0.1, -0.05) is 255 Å². The maximum atomic E-state index is 2.53. The molecule has 2 aliphatic carbocycles. The van der Waals surface area contributed by atoms with Crippen molar-refractivity contribution in [1.29, 1.82) is 0 Å². The van der Waals surface area contributed by atoms with Crippen LogP contribution in [0.1, 0.15) is 22.3 Å². The minimum Gasteiger partial charge on any atom is -0.310 e. The van der Waals surface area contributed by atoms with Gasteiger partial charge in [-0.05, 0) is 197 Å². The summed E-state index contributed by atoms with van der Waals surface area (Å²) in [5.41, 5.74) is 27.9. The largest absolute Gasteiger partial charge is 0.310 e. The highest BCUT2D eigenvalue weighted by atomic mass is 32.1. The SMILES string of the molecule is c1ccc(-c2ccc(N(c3ccc(-c4cccc5sc6ccccc6c45)cc3)c3cc(-c4ccc5c(c4)C4(c6ccccc6-c6ccccc64)c4ccccc4-5)cc(N(c4ccc(-c5ccccc5)cc4)c4ccc(-c5cccc6sc7ccccc7c56)cc4)c3)cc2)cc1. The van der Waals surface area contributed by atoms with E-state index in [2.05, 4.69) is 362 Å². The Balaban J connectivity index is 0.844. The van der Waals surface area contributed by atoms with E-state index in [9.17, 15) is 0 Å². The van der Waals surface area contributed by atoms with Crippen LogP contribution < -0.4 is 9.80 Å². The molecule has 2 aromatic heterocycles. The minimum absolute atomic E-state index is 0.516. The fourth-order valence-corrected chi connectivity index (χ4v) is 17.9. The monoisotopic (exact) mass is 1240 g/mol. The van der Waals surface area contributed by atoms with Gasteiger partial charge >= 0.3 is 0 Å². The zero-order valence-electron chi connectivity index (χ0n) is 51.7. The molecule has 15 aromatic carbocycles. The lowest BCUT2D eigenvalue weighted by atomic mass is 9.70. The maximum absolute atomic E-state index is 2.53. The molecule has 0 saturated carbocycles. The third-order valence-corrected chi connectivity index (χ3v) is 22.2. The molecule has 0 N–H and O–H groups in total. The first kappa shape index (κ1) is 55.0. The lowest BCUT2D eigenvalue weighted by Crippen LogP contribution is -2.25. The quantitative estimate of drug-likeness (QED) is 0.127. The molecule has 0 atom stereocenters. The number of benzene rings is 15. The Morgan fingerprint density at radius 3 is 0.947 bits per heavy atom. The van der Waals surface area contributed by atoms with E-state index in [0.29, 0.717) is 0 Å². The van der Waals surface area contributed by atoms with Gasteiger partial charge in [-0.25, -0.2) is 0 Å². The van der Waals surface area contributed by atoms with E-state index in [4.69, 9.17) is 0 Å². The van der Waals surface area contributed by atoms with Gasteiger partial charge in [0.2, 0.25) is 0 Å². The van der Waals surface area contributed by atoms with Crippen LogP contribution in [-0.4, -0.2) is 0 Å². The minimum atomic E-state index is -0.516. The standard InChI is InChI=1S/C91H58N2S2/c1-3-19-59(20-4-1)61-37-46-67(47-38-61)92(69-50-41-63(42-51-69)73-28-17-35-87-89(73)79-26-10-15-33-85(79)94-87)71-55-66(65-45-54-78-77-25-9-14-32-83(77)91(84(78)57-65)81-30-12-7-23-75(81)76-24-8-13-31-82(76)91)56-72(58-71)93(68-48-39-62(40-49-68)60-21-5-2-6-22-60)70-52-43-64(44-53-70)74-29-18-36-88-90(74)80-27-11-16-34-86(80)95-88/h1-58H. The van der Waals surface area contributed by atoms with Gasteiger partial charge in [0, 0.05) is 74.5 Å². The van der Waals surface area contributed by atoms with E-state index in [-0.39, 0.29) is 0 Å². The Kier molecular flexibility index (Phi) is 12.9. The molecule has 1 spiro atoms. The topological polar surface area (TPSA) is 6.48 Å². The Bertz CT molecular complexity index is 5500. The van der Waals surface area contributed by atoms with E-state index >= 15 is 0 Å². The molecule has 2 heterocycles. The van der Waals surface area contributed by atoms with Crippen LogP contribution in [0.3, 0.4) is 0 Å². The molecule has 0 unspecified atom stereocenters. The van der Waals surface area contributed by atoms with E-state index in [0.717, 1.165) is 56.4 Å². The smallest absolute Gasteiger partial charge is 0.0725 e. The van der Waals surface area contributed by atoms with E-state index in [1.165, 1.54) is 118 Å². The molecule has 17 aromatic rings. The van der Waals surface area contributed by atoms with Crippen LogP contribution in [0.5, 0.6) is 0 Å². The van der Waals surface area contributed by atoms with Gasteiger partial charge < -0.3 is 9.80 Å². The van der Waals surface area contributed by atoms with Crippen LogP contribution in [0.25, 0.3) is 118 Å². The van der Waals surface area contributed by atoms with Crippen LogP contribution in [0.4, 0.5) is 34.1 Å². The molecule has 444 valence electrons. The Hall–Kier alpha value is -11.7. The first-order chi connectivity index (χ1) is 47.1. The average Bonchev–Trinajstić information content (AvgIpc) is 1.51. The van der Waals surface area contributed by atoms with Crippen molar-refractivity contribution in [2.24, 2.45) is 0 Å². The second-order valence-corrected chi connectivity index (χ2v) is 27.2. The van der Waals surface area contributed by atoms with Crippen LogP contribution in [0.2, 0.25) is 0 Å². The Morgan fingerprint density at radius 2 is 0.516 bits per heavy atom. The van der Waals surface area contributed by atoms with E-state index in [1.807, 2.05) is 22.7 Å². The van der Waals surface area contributed by atoms with Crippen LogP contribution >= 0.6 is 22.7 Å². The number of nitrogens with zero attached hydrogens (tertiary/aromatic N) is 2. The molecule has 0 saturated heterocycles. The molecule has 0 amide bonds. The molecule has 0 aliphatic heterocycles. The molecule has 0 fully saturated rings. The lowest BCUT2D eigenvalue weighted by molar-refractivity contribution is 0.794. The van der Waals surface area contributed by atoms with Crippen molar-refractivity contribution in [3.05, 3.63) is 374 Å². The van der Waals surface area contributed by atoms with Gasteiger partial charge in [-0.15, -0.1) is 22.7 Å². The van der Waals surface area contributed by atoms with Crippen molar-refractivity contribution in [2.45, 2.75) is 5.41 Å². The first-order valence-electron chi connectivity index (χ1n) is 32.6. The van der Waals surface area contributed by atoms with Crippen LogP contribution in [0.15, 0.2) is 352 Å². The molecule has 4 heteroatoms. The normalized spacial score (nSPS) is 12.5. The maximum Gasteiger partial charge on any atom is 0.0725 e. The van der Waals surface area contributed by atoms with Gasteiger partial charge in [-0.2, -0.15) is 0 Å². The van der Waals surface area contributed by atoms with Crippen molar-refractivity contribution in [1.82, 2.24) is 0 Å². The van der Waals surface area contributed by atoms with Crippen LogP contribution in [0, 0.1) is 0 Å². The number of hydrogen-bond donors (Lipinski definition) is 0. The van der Waals surface area contributed by atoms with Crippen molar-refractivity contribution < 1.29 is 0 Å². The number of fused-ring (bicyclic) bond motifs is 16. The first-order valence-corrected chi connectivity index (χ1v) is 34.2. The fourth-order valence-electron chi connectivity index (χ4n) is 15.7. The zero-order chi connectivity index (χ0) is 62.6. The van der Waals surface area contributed by atoms with E-state index < -0.39 is 5.41 Å². The predicted molar refractivity (Wildman–Crippen MR) is 405 cm³/mol. The van der Waals surface area contributed by atoms with Crippen LogP contribution in [-0.2, 0) is 5.41 Å². The van der Waals surface area contributed by atoms with Crippen molar-refractivity contribution in [3.8, 4) is 77.9 Å². The summed E-state index contributed by atoms with van der Waals surface area (Å²) in [5, 5.41) is 5.19. The van der Waals surface area contributed by atoms with Crippen molar-refractivity contribution >= 4 is 97.1 Å². The molecule has 0 radical (unpaired) electrons. The summed E-state index contributed by atoms with van der Waals surface area (Å²) in [7, 11) is 0. The zero-order valence-corrected chi connectivity index (χ0v) is 53.3. The molecule has 95 heavy (non-hydrogen) atoms. The molecule has 0 bridgehead atoms. The summed E-state index contributed by atoms with van der Waals surface area (Å²) >= 11 is 3.73. The second kappa shape index (κ2) is 22.3. The highest BCUT2D eigenvalue weighted by Crippen LogP contribution is 2.63. The summed E-state index contributed by atoms with van der Waals surface area (Å²) in [6.45, 7) is 0. The number of thiophene rings is 2. The molecular formula is C91H58N2S2. The summed E-state index contributed by atoms with van der Waals surface area (Å²) < 4.78 is 5.19. The Labute approximate surface area is 560 Å². The number of anilines is 6. The summed E-state index contributed by atoms with van der Waals surface area (Å²) in [5.74, 6) is 0. The predicted octanol–water partition coefficient (Wildman–Crippen LogP) is 26.0.